The predicted octanol–water partition coefficient (Wildman–Crippen LogP) is 8.03. The Labute approximate surface area is 244 Å². The van der Waals surface area contributed by atoms with Crippen LogP contribution < -0.4 is 15.7 Å². The van der Waals surface area contributed by atoms with Crippen LogP contribution in [0.4, 0.5) is 4.79 Å². The SMILES string of the molecule is CCCCCCCCCCCCC/C=C/[C@H]1OC(=O)N[C@H]1CCC(C)(C)[Si](O)(c1ccccc1)c1ccccc1. The van der Waals surface area contributed by atoms with Crippen LogP contribution in [-0.4, -0.2) is 31.4 Å². The van der Waals surface area contributed by atoms with E-state index < -0.39 is 8.32 Å². The van der Waals surface area contributed by atoms with Crippen LogP contribution in [0.3, 0.4) is 0 Å². The van der Waals surface area contributed by atoms with Gasteiger partial charge in [-0.1, -0.05) is 152 Å². The lowest BCUT2D eigenvalue weighted by molar-refractivity contribution is 0.152. The van der Waals surface area contributed by atoms with Crippen LogP contribution in [-0.2, 0) is 4.74 Å². The zero-order chi connectivity index (χ0) is 28.7. The molecule has 40 heavy (non-hydrogen) atoms. The van der Waals surface area contributed by atoms with Crippen molar-refractivity contribution < 1.29 is 14.3 Å². The molecule has 1 amide bonds. The number of nitrogens with one attached hydrogen (secondary N) is 1. The maximum absolute atomic E-state index is 12.4. The van der Waals surface area contributed by atoms with Gasteiger partial charge in [-0.25, -0.2) is 4.79 Å². The summed E-state index contributed by atoms with van der Waals surface area (Å²) < 4.78 is 5.61. The van der Waals surface area contributed by atoms with E-state index in [9.17, 15) is 9.59 Å². The van der Waals surface area contributed by atoms with Crippen LogP contribution in [0.15, 0.2) is 72.8 Å². The summed E-state index contributed by atoms with van der Waals surface area (Å²) in [7, 11) is -3.07. The van der Waals surface area contributed by atoms with Gasteiger partial charge in [0.25, 0.3) is 8.32 Å². The molecule has 0 aliphatic carbocycles. The topological polar surface area (TPSA) is 58.6 Å². The fourth-order valence-electron chi connectivity index (χ4n) is 6.04. The third kappa shape index (κ3) is 9.34. The quantitative estimate of drug-likeness (QED) is 0.103. The minimum atomic E-state index is -3.07. The minimum Gasteiger partial charge on any atom is -0.440 e. The number of cyclic esters (lactones) is 1. The molecule has 0 aromatic heterocycles. The Hall–Kier alpha value is -2.37. The van der Waals surface area contributed by atoms with Crippen molar-refractivity contribution in [1.82, 2.24) is 5.32 Å². The number of benzene rings is 2. The highest BCUT2D eigenvalue weighted by atomic mass is 28.4. The fourth-order valence-corrected chi connectivity index (χ4v) is 9.80. The molecule has 2 N–H and O–H groups in total. The summed E-state index contributed by atoms with van der Waals surface area (Å²) in [4.78, 5) is 24.6. The van der Waals surface area contributed by atoms with Crippen molar-refractivity contribution >= 4 is 24.8 Å². The Balaban J connectivity index is 1.47. The van der Waals surface area contributed by atoms with Crippen LogP contribution in [0.1, 0.15) is 111 Å². The number of amides is 1. The Kier molecular flexibility index (Phi) is 13.5. The van der Waals surface area contributed by atoms with Crippen LogP contribution in [0.25, 0.3) is 0 Å². The molecule has 0 unspecified atom stereocenters. The van der Waals surface area contributed by atoms with Gasteiger partial charge in [-0.15, -0.1) is 0 Å². The van der Waals surface area contributed by atoms with Crippen molar-refractivity contribution in [3.63, 3.8) is 0 Å². The molecule has 2 atom stereocenters. The highest BCUT2D eigenvalue weighted by Crippen LogP contribution is 2.40. The monoisotopic (exact) mass is 563 g/mol. The molecule has 1 heterocycles. The molecule has 220 valence electrons. The molecule has 2 aromatic carbocycles. The van der Waals surface area contributed by atoms with E-state index in [1.54, 1.807) is 0 Å². The van der Waals surface area contributed by atoms with Gasteiger partial charge in [0.2, 0.25) is 0 Å². The number of hydrogen-bond acceptors (Lipinski definition) is 3. The number of carbonyl (C=O) groups is 1. The van der Waals surface area contributed by atoms with Crippen LogP contribution in [0, 0.1) is 0 Å². The first-order valence-corrected chi connectivity index (χ1v) is 17.8. The molecule has 5 heteroatoms. The summed E-state index contributed by atoms with van der Waals surface area (Å²) in [5.74, 6) is 0. The van der Waals surface area contributed by atoms with Crippen molar-refractivity contribution in [3.8, 4) is 0 Å². The first-order chi connectivity index (χ1) is 19.4. The molecule has 1 saturated heterocycles. The Morgan fingerprint density at radius 2 is 1.32 bits per heavy atom. The molecule has 2 aromatic rings. The number of ether oxygens (including phenoxy) is 1. The summed E-state index contributed by atoms with van der Waals surface area (Å²) in [6.07, 6.45) is 21.0. The summed E-state index contributed by atoms with van der Waals surface area (Å²) >= 11 is 0. The highest BCUT2D eigenvalue weighted by molar-refractivity contribution is 6.98. The first-order valence-electron chi connectivity index (χ1n) is 15.9. The van der Waals surface area contributed by atoms with E-state index in [-0.39, 0.29) is 23.3 Å². The van der Waals surface area contributed by atoms with Crippen LogP contribution >= 0.6 is 0 Å². The van der Waals surface area contributed by atoms with E-state index in [4.69, 9.17) is 4.74 Å². The molecule has 0 radical (unpaired) electrons. The molecule has 0 bridgehead atoms. The van der Waals surface area contributed by atoms with E-state index in [1.165, 1.54) is 70.6 Å². The molecular formula is C35H53NO3Si. The molecular weight excluding hydrogens is 510 g/mol. The third-order valence-corrected chi connectivity index (χ3v) is 13.2. The van der Waals surface area contributed by atoms with Crippen molar-refractivity contribution in [3.05, 3.63) is 72.8 Å². The maximum Gasteiger partial charge on any atom is 0.408 e. The van der Waals surface area contributed by atoms with Gasteiger partial charge in [-0.05, 0) is 47.2 Å². The smallest absolute Gasteiger partial charge is 0.408 e. The van der Waals surface area contributed by atoms with Gasteiger partial charge in [-0.2, -0.15) is 0 Å². The largest absolute Gasteiger partial charge is 0.440 e. The van der Waals surface area contributed by atoms with E-state index in [0.29, 0.717) is 0 Å². The van der Waals surface area contributed by atoms with E-state index >= 15 is 0 Å². The van der Waals surface area contributed by atoms with Gasteiger partial charge in [0.15, 0.2) is 0 Å². The lowest BCUT2D eigenvalue weighted by Crippen LogP contribution is -2.65. The standard InChI is InChI=1S/C35H53NO3Si/c1-4-5-6-7-8-9-10-11-12-13-14-15-22-27-33-32(36-34(37)39-33)28-29-35(2,3)40(38,30-23-18-16-19-24-30)31-25-20-17-21-26-31/h16-27,32-33,38H,4-15,28-29H2,1-3H3,(H,36,37)/b27-22+/t32-,33+/m0/s1. The number of alkyl carbamates (subject to hydrolysis) is 1. The second-order valence-corrected chi connectivity index (χ2v) is 16.2. The summed E-state index contributed by atoms with van der Waals surface area (Å²) in [5, 5.41) is 4.70. The van der Waals surface area contributed by atoms with Crippen LogP contribution in [0.5, 0.6) is 0 Å². The zero-order valence-electron chi connectivity index (χ0n) is 25.2. The molecule has 1 aliphatic rings. The van der Waals surface area contributed by atoms with E-state index in [2.05, 4.69) is 62.5 Å². The zero-order valence-corrected chi connectivity index (χ0v) is 26.2. The Morgan fingerprint density at radius 1 is 0.825 bits per heavy atom. The molecule has 3 rings (SSSR count). The van der Waals surface area contributed by atoms with E-state index in [1.807, 2.05) is 36.4 Å². The highest BCUT2D eigenvalue weighted by Gasteiger charge is 2.50. The molecule has 0 saturated carbocycles. The van der Waals surface area contributed by atoms with Gasteiger partial charge in [-0.3, -0.25) is 0 Å². The minimum absolute atomic E-state index is 0.0786. The summed E-state index contributed by atoms with van der Waals surface area (Å²) in [6.45, 7) is 6.62. The van der Waals surface area contributed by atoms with Crippen molar-refractivity contribution in [2.75, 3.05) is 0 Å². The number of unbranched alkanes of at least 4 members (excludes halogenated alkanes) is 11. The lowest BCUT2D eigenvalue weighted by Gasteiger charge is -2.41. The molecule has 1 fully saturated rings. The van der Waals surface area contributed by atoms with Gasteiger partial charge in [0.05, 0.1) is 6.04 Å². The molecule has 4 nitrogen and oxygen atoms in total. The maximum atomic E-state index is 12.4. The van der Waals surface area contributed by atoms with Gasteiger partial charge in [0, 0.05) is 0 Å². The normalized spacial score (nSPS) is 17.8. The Bertz CT molecular complexity index is 968. The second kappa shape index (κ2) is 16.8. The van der Waals surface area contributed by atoms with Crippen molar-refractivity contribution in [2.45, 2.75) is 128 Å². The summed E-state index contributed by atoms with van der Waals surface area (Å²) in [5.41, 5.74) is 0. The Morgan fingerprint density at radius 3 is 1.85 bits per heavy atom. The van der Waals surface area contributed by atoms with Crippen LogP contribution in [0.2, 0.25) is 5.04 Å². The van der Waals surface area contributed by atoms with Crippen molar-refractivity contribution in [2.24, 2.45) is 0 Å². The summed E-state index contributed by atoms with van der Waals surface area (Å²) in [6, 6.07) is 20.2. The van der Waals surface area contributed by atoms with Gasteiger partial charge in [0.1, 0.15) is 6.10 Å². The fraction of sp³-hybridized carbons (Fsp3) is 0.571. The second-order valence-electron chi connectivity index (χ2n) is 12.2. The lowest BCUT2D eigenvalue weighted by atomic mass is 9.98. The number of carbonyl (C=O) groups excluding carboxylic acids is 1. The average Bonchev–Trinajstić information content (AvgIpc) is 3.33. The third-order valence-electron chi connectivity index (χ3n) is 8.69. The average molecular weight is 564 g/mol. The number of allylic oxidation sites excluding steroid dienone is 1. The first kappa shape index (κ1) is 32.1. The number of rotatable bonds is 19. The van der Waals surface area contributed by atoms with Crippen molar-refractivity contribution in [1.29, 1.82) is 0 Å². The molecule has 0 spiro atoms. The molecule has 1 aliphatic heterocycles. The predicted molar refractivity (Wildman–Crippen MR) is 171 cm³/mol. The van der Waals surface area contributed by atoms with E-state index in [0.717, 1.165) is 29.6 Å². The van der Waals surface area contributed by atoms with Gasteiger partial charge < -0.3 is 14.8 Å². The van der Waals surface area contributed by atoms with Gasteiger partial charge >= 0.3 is 6.09 Å². The number of hydrogen-bond donors (Lipinski definition) is 2.